The number of rotatable bonds is 6. The number of aromatic nitrogens is 1. The van der Waals surface area contributed by atoms with Crippen molar-refractivity contribution in [2.45, 2.75) is 13.0 Å². The number of benzene rings is 1. The number of amidine groups is 1. The Morgan fingerprint density at radius 2 is 2.00 bits per heavy atom. The Labute approximate surface area is 117 Å². The first kappa shape index (κ1) is 14.0. The molecule has 0 spiro atoms. The fourth-order valence-electron chi connectivity index (χ4n) is 1.84. The van der Waals surface area contributed by atoms with Crippen molar-refractivity contribution in [1.82, 2.24) is 4.98 Å². The molecule has 0 bridgehead atoms. The van der Waals surface area contributed by atoms with E-state index in [4.69, 9.17) is 21.0 Å². The topological polar surface area (TPSA) is 92.2 Å². The number of ether oxygens (including phenoxy) is 1. The van der Waals surface area contributed by atoms with Gasteiger partial charge in [0.2, 0.25) is 0 Å². The molecule has 2 aromatic rings. The lowest BCUT2D eigenvalue weighted by Gasteiger charge is -2.09. The lowest BCUT2D eigenvalue weighted by atomic mass is 10.1. The monoisotopic (exact) mass is 271 g/mol. The minimum absolute atomic E-state index is 0.0671. The van der Waals surface area contributed by atoms with E-state index in [9.17, 15) is 0 Å². The SMILES string of the molecule is N=C(N)c1ncccc1COc1ccc(CCO)cc1. The van der Waals surface area contributed by atoms with Crippen LogP contribution < -0.4 is 10.5 Å². The number of hydrogen-bond acceptors (Lipinski definition) is 4. The maximum atomic E-state index is 8.85. The molecule has 20 heavy (non-hydrogen) atoms. The van der Waals surface area contributed by atoms with E-state index < -0.39 is 0 Å². The highest BCUT2D eigenvalue weighted by molar-refractivity contribution is 5.94. The van der Waals surface area contributed by atoms with E-state index in [-0.39, 0.29) is 12.4 Å². The molecule has 4 N–H and O–H groups in total. The molecule has 5 heteroatoms. The van der Waals surface area contributed by atoms with Crippen LogP contribution in [-0.2, 0) is 13.0 Å². The molecule has 104 valence electrons. The number of hydrogen-bond donors (Lipinski definition) is 3. The summed E-state index contributed by atoms with van der Waals surface area (Å²) in [6.07, 6.45) is 2.24. The normalized spacial score (nSPS) is 10.2. The molecule has 0 saturated carbocycles. The van der Waals surface area contributed by atoms with Crippen LogP contribution in [-0.4, -0.2) is 22.5 Å². The average Bonchev–Trinajstić information content (AvgIpc) is 2.47. The van der Waals surface area contributed by atoms with E-state index in [1.165, 1.54) is 0 Å². The second-order valence-corrected chi connectivity index (χ2v) is 4.33. The average molecular weight is 271 g/mol. The third-order valence-corrected chi connectivity index (χ3v) is 2.86. The molecule has 1 aromatic carbocycles. The minimum atomic E-state index is -0.0671. The summed E-state index contributed by atoms with van der Waals surface area (Å²) in [5.41, 5.74) is 7.76. The lowest BCUT2D eigenvalue weighted by molar-refractivity contribution is 0.298. The maximum absolute atomic E-state index is 8.85. The van der Waals surface area contributed by atoms with Gasteiger partial charge in [0.25, 0.3) is 0 Å². The third-order valence-electron chi connectivity index (χ3n) is 2.86. The maximum Gasteiger partial charge on any atom is 0.142 e. The van der Waals surface area contributed by atoms with Gasteiger partial charge >= 0.3 is 0 Å². The molecule has 0 radical (unpaired) electrons. The van der Waals surface area contributed by atoms with Gasteiger partial charge in [0.05, 0.1) is 0 Å². The summed E-state index contributed by atoms with van der Waals surface area (Å²) in [4.78, 5) is 4.07. The van der Waals surface area contributed by atoms with Gasteiger partial charge in [-0.25, -0.2) is 0 Å². The number of pyridine rings is 1. The van der Waals surface area contributed by atoms with E-state index in [0.717, 1.165) is 16.9 Å². The van der Waals surface area contributed by atoms with Crippen molar-refractivity contribution >= 4 is 5.84 Å². The Kier molecular flexibility index (Phi) is 4.68. The third kappa shape index (κ3) is 3.55. The minimum Gasteiger partial charge on any atom is -0.489 e. The summed E-state index contributed by atoms with van der Waals surface area (Å²) in [6, 6.07) is 11.2. The van der Waals surface area contributed by atoms with Crippen LogP contribution in [0.2, 0.25) is 0 Å². The summed E-state index contributed by atoms with van der Waals surface area (Å²) in [5, 5.41) is 16.3. The molecule has 0 unspecified atom stereocenters. The molecule has 0 fully saturated rings. The molecule has 0 atom stereocenters. The van der Waals surface area contributed by atoms with Crippen molar-refractivity contribution < 1.29 is 9.84 Å². The van der Waals surface area contributed by atoms with Gasteiger partial charge in [-0.3, -0.25) is 10.4 Å². The first-order valence-corrected chi connectivity index (χ1v) is 6.31. The fraction of sp³-hybridized carbons (Fsp3) is 0.200. The lowest BCUT2D eigenvalue weighted by Crippen LogP contribution is -2.16. The highest BCUT2D eigenvalue weighted by Crippen LogP contribution is 2.15. The zero-order chi connectivity index (χ0) is 14.4. The van der Waals surface area contributed by atoms with Gasteiger partial charge in [-0.1, -0.05) is 18.2 Å². The molecular weight excluding hydrogens is 254 g/mol. The van der Waals surface area contributed by atoms with Crippen molar-refractivity contribution in [2.24, 2.45) is 5.73 Å². The van der Waals surface area contributed by atoms with Crippen LogP contribution in [0.25, 0.3) is 0 Å². The molecule has 1 heterocycles. The van der Waals surface area contributed by atoms with Crippen LogP contribution in [0.3, 0.4) is 0 Å². The Morgan fingerprint density at radius 3 is 2.65 bits per heavy atom. The van der Waals surface area contributed by atoms with Gasteiger partial charge in [0.15, 0.2) is 0 Å². The van der Waals surface area contributed by atoms with Gasteiger partial charge in [0, 0.05) is 18.4 Å². The first-order chi connectivity index (χ1) is 9.70. The zero-order valence-corrected chi connectivity index (χ0v) is 11.0. The molecule has 0 amide bonds. The Hall–Kier alpha value is -2.40. The molecule has 0 aliphatic heterocycles. The summed E-state index contributed by atoms with van der Waals surface area (Å²) in [5.74, 6) is 0.660. The van der Waals surface area contributed by atoms with Crippen LogP contribution in [0, 0.1) is 5.41 Å². The van der Waals surface area contributed by atoms with Crippen LogP contribution in [0.5, 0.6) is 5.75 Å². The number of aliphatic hydroxyl groups is 1. The summed E-state index contributed by atoms with van der Waals surface area (Å²) in [6.45, 7) is 0.444. The number of nitrogens with zero attached hydrogens (tertiary/aromatic N) is 1. The van der Waals surface area contributed by atoms with Crippen molar-refractivity contribution in [3.8, 4) is 5.75 Å². The summed E-state index contributed by atoms with van der Waals surface area (Å²) >= 11 is 0. The molecule has 0 saturated heterocycles. The van der Waals surface area contributed by atoms with Crippen LogP contribution in [0.1, 0.15) is 16.8 Å². The number of nitrogen functional groups attached to an aromatic ring is 1. The fourth-order valence-corrected chi connectivity index (χ4v) is 1.84. The highest BCUT2D eigenvalue weighted by atomic mass is 16.5. The van der Waals surface area contributed by atoms with Crippen molar-refractivity contribution in [3.63, 3.8) is 0 Å². The van der Waals surface area contributed by atoms with Gasteiger partial charge in [-0.15, -0.1) is 0 Å². The molecule has 1 aromatic heterocycles. The zero-order valence-electron chi connectivity index (χ0n) is 11.0. The standard InChI is InChI=1S/C15H17N3O2/c16-15(17)14-12(2-1-8-18-14)10-20-13-5-3-11(4-6-13)7-9-19/h1-6,8,19H,7,9-10H2,(H3,16,17). The van der Waals surface area contributed by atoms with Gasteiger partial charge < -0.3 is 15.6 Å². The summed E-state index contributed by atoms with van der Waals surface area (Å²) < 4.78 is 5.66. The number of aliphatic hydroxyl groups excluding tert-OH is 1. The molecular formula is C15H17N3O2. The predicted molar refractivity (Wildman–Crippen MR) is 76.8 cm³/mol. The highest BCUT2D eigenvalue weighted by Gasteiger charge is 2.06. The van der Waals surface area contributed by atoms with E-state index in [0.29, 0.717) is 18.7 Å². The first-order valence-electron chi connectivity index (χ1n) is 6.31. The molecule has 0 aliphatic rings. The van der Waals surface area contributed by atoms with Crippen LogP contribution in [0.4, 0.5) is 0 Å². The Balaban J connectivity index is 2.03. The largest absolute Gasteiger partial charge is 0.489 e. The number of nitrogens with one attached hydrogen (secondary N) is 1. The van der Waals surface area contributed by atoms with Crippen LogP contribution in [0.15, 0.2) is 42.6 Å². The van der Waals surface area contributed by atoms with E-state index in [1.807, 2.05) is 30.3 Å². The van der Waals surface area contributed by atoms with Gasteiger partial charge in [-0.2, -0.15) is 0 Å². The number of nitrogens with two attached hydrogens (primary N) is 1. The Morgan fingerprint density at radius 1 is 1.25 bits per heavy atom. The summed E-state index contributed by atoms with van der Waals surface area (Å²) in [7, 11) is 0. The van der Waals surface area contributed by atoms with E-state index in [2.05, 4.69) is 4.98 Å². The molecule has 0 aliphatic carbocycles. The quantitative estimate of drug-likeness (QED) is 0.548. The van der Waals surface area contributed by atoms with Crippen molar-refractivity contribution in [1.29, 1.82) is 5.41 Å². The van der Waals surface area contributed by atoms with E-state index in [1.54, 1.807) is 12.3 Å². The van der Waals surface area contributed by atoms with Crippen molar-refractivity contribution in [2.75, 3.05) is 6.61 Å². The Bertz CT molecular complexity index is 582. The van der Waals surface area contributed by atoms with Crippen molar-refractivity contribution in [3.05, 3.63) is 59.4 Å². The predicted octanol–water partition coefficient (Wildman–Crippen LogP) is 1.48. The van der Waals surface area contributed by atoms with Gasteiger partial charge in [-0.05, 0) is 30.2 Å². The van der Waals surface area contributed by atoms with E-state index >= 15 is 0 Å². The van der Waals surface area contributed by atoms with Crippen LogP contribution >= 0.6 is 0 Å². The molecule has 5 nitrogen and oxygen atoms in total. The molecule has 2 rings (SSSR count). The second kappa shape index (κ2) is 6.68. The smallest absolute Gasteiger partial charge is 0.142 e. The second-order valence-electron chi connectivity index (χ2n) is 4.33. The van der Waals surface area contributed by atoms with Gasteiger partial charge in [0.1, 0.15) is 23.9 Å².